The summed E-state index contributed by atoms with van der Waals surface area (Å²) in [6.45, 7) is 9.42. The second-order valence-electron chi connectivity index (χ2n) is 6.55. The van der Waals surface area contributed by atoms with E-state index in [0.29, 0.717) is 19.1 Å². The lowest BCUT2D eigenvalue weighted by molar-refractivity contribution is -0.124. The van der Waals surface area contributed by atoms with Crippen LogP contribution < -0.4 is 15.4 Å². The Morgan fingerprint density at radius 3 is 2.95 bits per heavy atom. The third kappa shape index (κ3) is 5.02. The molecule has 122 valence electrons. The molecule has 0 aromatic heterocycles. The second kappa shape index (κ2) is 8.18. The van der Waals surface area contributed by atoms with Crippen LogP contribution in [0.15, 0.2) is 18.2 Å². The van der Waals surface area contributed by atoms with Crippen LogP contribution in [0.3, 0.4) is 0 Å². The van der Waals surface area contributed by atoms with Gasteiger partial charge in [0.25, 0.3) is 0 Å². The smallest absolute Gasteiger partial charge is 0.224 e. The third-order valence-corrected chi connectivity index (χ3v) is 4.06. The van der Waals surface area contributed by atoms with Crippen LogP contribution in [0.4, 0.5) is 0 Å². The number of benzene rings is 1. The molecule has 1 heterocycles. The molecule has 1 aromatic carbocycles. The van der Waals surface area contributed by atoms with Crippen LogP contribution in [-0.4, -0.2) is 25.6 Å². The molecule has 1 amide bonds. The molecular formula is C18H28N2O2. The molecule has 1 atom stereocenters. The van der Waals surface area contributed by atoms with Crippen molar-refractivity contribution in [3.63, 3.8) is 0 Å². The molecule has 1 aliphatic heterocycles. The Labute approximate surface area is 133 Å². The van der Waals surface area contributed by atoms with Crippen molar-refractivity contribution < 1.29 is 9.53 Å². The molecule has 22 heavy (non-hydrogen) atoms. The van der Waals surface area contributed by atoms with Crippen molar-refractivity contribution in [2.75, 3.05) is 19.7 Å². The molecule has 1 aliphatic rings. The maximum Gasteiger partial charge on any atom is 0.224 e. The van der Waals surface area contributed by atoms with Gasteiger partial charge in [-0.25, -0.2) is 0 Å². The van der Waals surface area contributed by atoms with Crippen LogP contribution in [0.2, 0.25) is 0 Å². The molecular weight excluding hydrogens is 276 g/mol. The van der Waals surface area contributed by atoms with Crippen LogP contribution in [0.5, 0.6) is 5.75 Å². The van der Waals surface area contributed by atoms with Gasteiger partial charge in [-0.3, -0.25) is 4.79 Å². The maximum absolute atomic E-state index is 12.1. The third-order valence-electron chi connectivity index (χ3n) is 4.06. The molecule has 1 unspecified atom stereocenters. The molecule has 0 radical (unpaired) electrons. The van der Waals surface area contributed by atoms with E-state index in [0.717, 1.165) is 37.2 Å². The summed E-state index contributed by atoms with van der Waals surface area (Å²) in [5, 5.41) is 6.26. The van der Waals surface area contributed by atoms with Gasteiger partial charge in [0.1, 0.15) is 5.75 Å². The van der Waals surface area contributed by atoms with E-state index in [2.05, 4.69) is 43.5 Å². The number of amides is 1. The van der Waals surface area contributed by atoms with Crippen molar-refractivity contribution in [2.24, 2.45) is 11.8 Å². The molecule has 1 fully saturated rings. The van der Waals surface area contributed by atoms with Crippen molar-refractivity contribution in [2.45, 2.75) is 40.2 Å². The van der Waals surface area contributed by atoms with Crippen molar-refractivity contribution in [3.8, 4) is 5.75 Å². The van der Waals surface area contributed by atoms with E-state index in [-0.39, 0.29) is 11.8 Å². The van der Waals surface area contributed by atoms with Gasteiger partial charge in [0.05, 0.1) is 12.5 Å². The fourth-order valence-corrected chi connectivity index (χ4v) is 2.55. The highest BCUT2D eigenvalue weighted by molar-refractivity contribution is 5.79. The highest BCUT2D eigenvalue weighted by atomic mass is 16.5. The highest BCUT2D eigenvalue weighted by Crippen LogP contribution is 2.21. The summed E-state index contributed by atoms with van der Waals surface area (Å²) >= 11 is 0. The summed E-state index contributed by atoms with van der Waals surface area (Å²) < 4.78 is 5.92. The monoisotopic (exact) mass is 304 g/mol. The average Bonchev–Trinajstić information content (AvgIpc) is 3.00. The molecule has 0 aliphatic carbocycles. The summed E-state index contributed by atoms with van der Waals surface area (Å²) in [6.07, 6.45) is 1.96. The minimum Gasteiger partial charge on any atom is -0.493 e. The summed E-state index contributed by atoms with van der Waals surface area (Å²) in [5.41, 5.74) is 2.23. The number of aryl methyl sites for hydroxylation is 1. The molecule has 4 nitrogen and oxygen atoms in total. The van der Waals surface area contributed by atoms with E-state index in [9.17, 15) is 4.79 Å². The van der Waals surface area contributed by atoms with Gasteiger partial charge in [-0.15, -0.1) is 0 Å². The van der Waals surface area contributed by atoms with Crippen LogP contribution in [0, 0.1) is 18.8 Å². The molecule has 0 spiro atoms. The number of ether oxygens (including phenoxy) is 1. The Bertz CT molecular complexity index is 494. The minimum absolute atomic E-state index is 0.107. The number of hydrogen-bond acceptors (Lipinski definition) is 3. The van der Waals surface area contributed by atoms with Crippen molar-refractivity contribution >= 4 is 5.91 Å². The van der Waals surface area contributed by atoms with Crippen molar-refractivity contribution in [1.29, 1.82) is 0 Å². The number of nitrogens with one attached hydrogen (secondary N) is 2. The summed E-state index contributed by atoms with van der Waals surface area (Å²) in [7, 11) is 0. The first-order valence-corrected chi connectivity index (χ1v) is 8.27. The molecule has 1 saturated heterocycles. The first kappa shape index (κ1) is 16.8. The van der Waals surface area contributed by atoms with Crippen LogP contribution in [0.1, 0.15) is 37.8 Å². The summed E-state index contributed by atoms with van der Waals surface area (Å²) in [6, 6.07) is 6.17. The summed E-state index contributed by atoms with van der Waals surface area (Å²) in [4.78, 5) is 12.1. The van der Waals surface area contributed by atoms with Crippen LogP contribution >= 0.6 is 0 Å². The maximum atomic E-state index is 12.1. The fraction of sp³-hybridized carbons (Fsp3) is 0.611. The van der Waals surface area contributed by atoms with Gasteiger partial charge in [-0.1, -0.05) is 26.0 Å². The standard InChI is InChI=1S/C18H28N2O2/c1-13(2)7-9-22-17-10-14(3)4-5-15(17)12-20-18(21)16-6-8-19-11-16/h4-5,10,13,16,19H,6-9,11-12H2,1-3H3,(H,20,21). The van der Waals surface area contributed by atoms with Gasteiger partial charge in [0.15, 0.2) is 0 Å². The zero-order chi connectivity index (χ0) is 15.9. The van der Waals surface area contributed by atoms with Crippen LogP contribution in [0.25, 0.3) is 0 Å². The predicted octanol–water partition coefficient (Wildman–Crippen LogP) is 2.65. The van der Waals surface area contributed by atoms with Crippen LogP contribution in [-0.2, 0) is 11.3 Å². The minimum atomic E-state index is 0.107. The number of hydrogen-bond donors (Lipinski definition) is 2. The number of rotatable bonds is 7. The SMILES string of the molecule is Cc1ccc(CNC(=O)C2CCNC2)c(OCCC(C)C)c1. The van der Waals surface area contributed by atoms with E-state index in [4.69, 9.17) is 4.74 Å². The predicted molar refractivity (Wildman–Crippen MR) is 89.0 cm³/mol. The zero-order valence-electron chi connectivity index (χ0n) is 13.9. The lowest BCUT2D eigenvalue weighted by Crippen LogP contribution is -2.31. The largest absolute Gasteiger partial charge is 0.493 e. The van der Waals surface area contributed by atoms with E-state index in [1.54, 1.807) is 0 Å². The molecule has 0 bridgehead atoms. The van der Waals surface area contributed by atoms with Crippen molar-refractivity contribution in [1.82, 2.24) is 10.6 Å². The zero-order valence-corrected chi connectivity index (χ0v) is 13.9. The highest BCUT2D eigenvalue weighted by Gasteiger charge is 2.22. The first-order chi connectivity index (χ1) is 10.6. The topological polar surface area (TPSA) is 50.4 Å². The first-order valence-electron chi connectivity index (χ1n) is 8.27. The molecule has 0 saturated carbocycles. The van der Waals surface area contributed by atoms with E-state index in [1.165, 1.54) is 5.56 Å². The number of carbonyl (C=O) groups is 1. The van der Waals surface area contributed by atoms with Crippen molar-refractivity contribution in [3.05, 3.63) is 29.3 Å². The molecule has 2 rings (SSSR count). The van der Waals surface area contributed by atoms with Gasteiger partial charge < -0.3 is 15.4 Å². The fourth-order valence-electron chi connectivity index (χ4n) is 2.55. The normalized spacial score (nSPS) is 17.7. The van der Waals surface area contributed by atoms with E-state index >= 15 is 0 Å². The lowest BCUT2D eigenvalue weighted by atomic mass is 10.1. The summed E-state index contributed by atoms with van der Waals surface area (Å²) in [5.74, 6) is 1.77. The van der Waals surface area contributed by atoms with Gasteiger partial charge in [-0.05, 0) is 43.9 Å². The Kier molecular flexibility index (Phi) is 6.25. The number of carbonyl (C=O) groups excluding carboxylic acids is 1. The quantitative estimate of drug-likeness (QED) is 0.814. The Balaban J connectivity index is 1.92. The average molecular weight is 304 g/mol. The van der Waals surface area contributed by atoms with E-state index in [1.807, 2.05) is 6.07 Å². The molecule has 2 N–H and O–H groups in total. The van der Waals surface area contributed by atoms with Gasteiger partial charge in [0.2, 0.25) is 5.91 Å². The van der Waals surface area contributed by atoms with Gasteiger partial charge in [-0.2, -0.15) is 0 Å². The Morgan fingerprint density at radius 1 is 1.45 bits per heavy atom. The molecule has 1 aromatic rings. The van der Waals surface area contributed by atoms with Gasteiger partial charge in [0, 0.05) is 18.7 Å². The Morgan fingerprint density at radius 2 is 2.27 bits per heavy atom. The Hall–Kier alpha value is -1.55. The van der Waals surface area contributed by atoms with E-state index < -0.39 is 0 Å². The second-order valence-corrected chi connectivity index (χ2v) is 6.55. The molecule has 4 heteroatoms. The van der Waals surface area contributed by atoms with Gasteiger partial charge >= 0.3 is 0 Å². The lowest BCUT2D eigenvalue weighted by Gasteiger charge is -2.15.